The Morgan fingerprint density at radius 1 is 1.53 bits per heavy atom. The van der Waals surface area contributed by atoms with Gasteiger partial charge in [-0.2, -0.15) is 0 Å². The number of methoxy groups -OCH3 is 2. The molecule has 0 saturated heterocycles. The molecule has 1 rings (SSSR count). The van der Waals surface area contributed by atoms with Crippen LogP contribution < -0.4 is 10.5 Å². The molecule has 1 unspecified atom stereocenters. The van der Waals surface area contributed by atoms with Crippen molar-refractivity contribution in [2.45, 2.75) is 12.5 Å². The van der Waals surface area contributed by atoms with Crippen LogP contribution in [0, 0.1) is 0 Å². The van der Waals surface area contributed by atoms with Crippen LogP contribution in [-0.2, 0) is 10.3 Å². The van der Waals surface area contributed by atoms with E-state index in [1.54, 1.807) is 20.4 Å². The lowest BCUT2D eigenvalue weighted by Gasteiger charge is -2.27. The summed E-state index contributed by atoms with van der Waals surface area (Å²) in [5.74, 6) is 0.535. The van der Waals surface area contributed by atoms with Gasteiger partial charge in [-0.1, -0.05) is 0 Å². The van der Waals surface area contributed by atoms with Crippen molar-refractivity contribution in [3.63, 3.8) is 0 Å². The van der Waals surface area contributed by atoms with Crippen LogP contribution in [-0.4, -0.2) is 25.7 Å². The summed E-state index contributed by atoms with van der Waals surface area (Å²) in [6, 6.07) is 1.90. The Bertz CT molecular complexity index is 340. The Kier molecular flexibility index (Phi) is 4.07. The monoisotopic (exact) mass is 274 g/mol. The molecule has 0 spiro atoms. The summed E-state index contributed by atoms with van der Waals surface area (Å²) in [4.78, 5) is 4.15. The first-order chi connectivity index (χ1) is 7.07. The second-order valence-electron chi connectivity index (χ2n) is 3.35. The van der Waals surface area contributed by atoms with Gasteiger partial charge in [0.2, 0.25) is 5.88 Å². The highest BCUT2D eigenvalue weighted by molar-refractivity contribution is 9.10. The number of nitrogens with two attached hydrogens (primary N) is 1. The van der Waals surface area contributed by atoms with Crippen molar-refractivity contribution in [3.8, 4) is 5.88 Å². The van der Waals surface area contributed by atoms with Crippen LogP contribution in [0.25, 0.3) is 0 Å². The summed E-state index contributed by atoms with van der Waals surface area (Å²) in [6.07, 6.45) is 1.68. The zero-order valence-electron chi connectivity index (χ0n) is 9.08. The van der Waals surface area contributed by atoms with Gasteiger partial charge >= 0.3 is 0 Å². The van der Waals surface area contributed by atoms with Crippen molar-refractivity contribution >= 4 is 15.9 Å². The predicted molar refractivity (Wildman–Crippen MR) is 61.9 cm³/mol. The molecule has 1 atom stereocenters. The zero-order chi connectivity index (χ0) is 11.5. The molecule has 0 bridgehead atoms. The van der Waals surface area contributed by atoms with E-state index in [2.05, 4.69) is 20.9 Å². The number of hydrogen-bond donors (Lipinski definition) is 1. The Morgan fingerprint density at radius 2 is 2.20 bits per heavy atom. The van der Waals surface area contributed by atoms with Crippen molar-refractivity contribution in [2.24, 2.45) is 5.73 Å². The van der Waals surface area contributed by atoms with Crippen molar-refractivity contribution in [1.29, 1.82) is 0 Å². The van der Waals surface area contributed by atoms with E-state index in [-0.39, 0.29) is 0 Å². The number of rotatable bonds is 4. The Balaban J connectivity index is 3.26. The first-order valence-corrected chi connectivity index (χ1v) is 5.32. The van der Waals surface area contributed by atoms with Crippen LogP contribution in [0.2, 0.25) is 0 Å². The molecule has 5 heteroatoms. The fraction of sp³-hybridized carbons (Fsp3) is 0.500. The average molecular weight is 275 g/mol. The van der Waals surface area contributed by atoms with Crippen LogP contribution in [0.4, 0.5) is 0 Å². The molecule has 0 radical (unpaired) electrons. The lowest BCUT2D eigenvalue weighted by Crippen LogP contribution is -2.34. The SMILES string of the molecule is COc1ncc(Br)cc1C(C)(CN)OC. The summed E-state index contributed by atoms with van der Waals surface area (Å²) in [7, 11) is 3.19. The van der Waals surface area contributed by atoms with Crippen LogP contribution in [0.15, 0.2) is 16.7 Å². The molecular formula is C10H15BrN2O2. The highest BCUT2D eigenvalue weighted by Gasteiger charge is 2.29. The Labute approximate surface area is 97.9 Å². The molecule has 1 aromatic rings. The normalized spacial score (nSPS) is 14.7. The summed E-state index contributed by atoms with van der Waals surface area (Å²) in [6.45, 7) is 2.26. The number of nitrogens with zero attached hydrogens (tertiary/aromatic N) is 1. The molecule has 0 aliphatic rings. The predicted octanol–water partition coefficient (Wildman–Crippen LogP) is 1.67. The molecule has 0 aromatic carbocycles. The van der Waals surface area contributed by atoms with Crippen LogP contribution in [0.5, 0.6) is 5.88 Å². The molecule has 15 heavy (non-hydrogen) atoms. The minimum atomic E-state index is -0.581. The standard InChI is InChI=1S/C10H15BrN2O2/c1-10(6-12,15-3)8-4-7(11)5-13-9(8)14-2/h4-5H,6,12H2,1-3H3. The number of pyridine rings is 1. The second-order valence-corrected chi connectivity index (χ2v) is 4.27. The summed E-state index contributed by atoms with van der Waals surface area (Å²) in [5, 5.41) is 0. The van der Waals surface area contributed by atoms with Crippen molar-refractivity contribution in [2.75, 3.05) is 20.8 Å². The molecule has 1 heterocycles. The fourth-order valence-corrected chi connectivity index (χ4v) is 1.60. The minimum Gasteiger partial charge on any atom is -0.481 e. The summed E-state index contributed by atoms with van der Waals surface area (Å²) in [5.41, 5.74) is 5.96. The lowest BCUT2D eigenvalue weighted by molar-refractivity contribution is 0.00768. The summed E-state index contributed by atoms with van der Waals surface area (Å²) >= 11 is 3.36. The maximum Gasteiger partial charge on any atom is 0.219 e. The van der Waals surface area contributed by atoms with Gasteiger partial charge in [0.1, 0.15) is 5.60 Å². The van der Waals surface area contributed by atoms with Crippen molar-refractivity contribution in [3.05, 3.63) is 22.3 Å². The number of aromatic nitrogens is 1. The van der Waals surface area contributed by atoms with E-state index in [1.807, 2.05) is 13.0 Å². The molecule has 4 nitrogen and oxygen atoms in total. The van der Waals surface area contributed by atoms with Crippen molar-refractivity contribution < 1.29 is 9.47 Å². The fourth-order valence-electron chi connectivity index (χ4n) is 1.27. The van der Waals surface area contributed by atoms with Crippen LogP contribution in [0.1, 0.15) is 12.5 Å². The molecule has 0 saturated carbocycles. The van der Waals surface area contributed by atoms with Gasteiger partial charge < -0.3 is 15.2 Å². The van der Waals surface area contributed by atoms with E-state index < -0.39 is 5.60 Å². The average Bonchev–Trinajstić information content (AvgIpc) is 2.28. The Hall–Kier alpha value is -0.650. The number of ether oxygens (including phenoxy) is 2. The number of hydrogen-bond acceptors (Lipinski definition) is 4. The van der Waals surface area contributed by atoms with Gasteiger partial charge in [0.25, 0.3) is 0 Å². The maximum atomic E-state index is 5.70. The van der Waals surface area contributed by atoms with Gasteiger partial charge in [-0.05, 0) is 28.9 Å². The topological polar surface area (TPSA) is 57.4 Å². The molecule has 0 amide bonds. The third-order valence-electron chi connectivity index (χ3n) is 2.42. The third-order valence-corrected chi connectivity index (χ3v) is 2.85. The molecule has 1 aromatic heterocycles. The smallest absolute Gasteiger partial charge is 0.219 e. The first-order valence-electron chi connectivity index (χ1n) is 4.52. The quantitative estimate of drug-likeness (QED) is 0.908. The van der Waals surface area contributed by atoms with E-state index in [9.17, 15) is 0 Å². The third kappa shape index (κ3) is 2.48. The van der Waals surface area contributed by atoms with E-state index in [4.69, 9.17) is 15.2 Å². The second kappa shape index (κ2) is 4.92. The molecule has 0 aliphatic heterocycles. The minimum absolute atomic E-state index is 0.359. The van der Waals surface area contributed by atoms with Gasteiger partial charge in [0.15, 0.2) is 0 Å². The molecule has 2 N–H and O–H groups in total. The van der Waals surface area contributed by atoms with E-state index in [0.717, 1.165) is 10.0 Å². The lowest BCUT2D eigenvalue weighted by atomic mass is 9.97. The van der Waals surface area contributed by atoms with Crippen LogP contribution in [0.3, 0.4) is 0 Å². The van der Waals surface area contributed by atoms with Crippen molar-refractivity contribution in [1.82, 2.24) is 4.98 Å². The van der Waals surface area contributed by atoms with Gasteiger partial charge in [-0.15, -0.1) is 0 Å². The molecule has 0 fully saturated rings. The molecular weight excluding hydrogens is 260 g/mol. The molecule has 0 aliphatic carbocycles. The highest BCUT2D eigenvalue weighted by Crippen LogP contribution is 2.32. The maximum absolute atomic E-state index is 5.70. The number of halogens is 1. The van der Waals surface area contributed by atoms with Gasteiger partial charge in [-0.25, -0.2) is 4.98 Å². The van der Waals surface area contributed by atoms with Gasteiger partial charge in [0.05, 0.1) is 7.11 Å². The van der Waals surface area contributed by atoms with Crippen LogP contribution >= 0.6 is 15.9 Å². The highest BCUT2D eigenvalue weighted by atomic mass is 79.9. The van der Waals surface area contributed by atoms with E-state index in [1.165, 1.54) is 0 Å². The summed E-state index contributed by atoms with van der Waals surface area (Å²) < 4.78 is 11.5. The zero-order valence-corrected chi connectivity index (χ0v) is 10.7. The van der Waals surface area contributed by atoms with E-state index in [0.29, 0.717) is 12.4 Å². The first kappa shape index (κ1) is 12.4. The van der Waals surface area contributed by atoms with E-state index >= 15 is 0 Å². The van der Waals surface area contributed by atoms with Gasteiger partial charge in [0, 0.05) is 29.9 Å². The molecule has 84 valence electrons. The van der Waals surface area contributed by atoms with Gasteiger partial charge in [-0.3, -0.25) is 0 Å². The largest absolute Gasteiger partial charge is 0.481 e. The Morgan fingerprint density at radius 3 is 2.67 bits per heavy atom.